The van der Waals surface area contributed by atoms with E-state index < -0.39 is 16.1 Å². The largest absolute Gasteiger partial charge is 0.318 e. The molecular weight excluding hydrogens is 401 g/mol. The molecule has 2 aliphatic rings. The molecule has 1 saturated heterocycles. The summed E-state index contributed by atoms with van der Waals surface area (Å²) in [4.78, 5) is 0. The molecule has 2 aromatic rings. The average Bonchev–Trinajstić information content (AvgIpc) is 3.15. The molecule has 4 rings (SSSR count). The van der Waals surface area contributed by atoms with Crippen molar-refractivity contribution >= 4 is 27.5 Å². The summed E-state index contributed by atoms with van der Waals surface area (Å²) in [6.07, 6.45) is 2.72. The van der Waals surface area contributed by atoms with Crippen LogP contribution in [0.25, 0.3) is 0 Å². The Balaban J connectivity index is 1.74. The third-order valence-corrected chi connectivity index (χ3v) is 7.25. The number of hydrogen-bond donors (Lipinski definition) is 0. The topological polar surface area (TPSA) is 53.0 Å². The van der Waals surface area contributed by atoms with Crippen molar-refractivity contribution in [2.75, 3.05) is 19.6 Å². The molecule has 2 aliphatic heterocycles. The fourth-order valence-electron chi connectivity index (χ4n) is 3.73. The standard InChI is InChI=1S/C20H21ClFN3O2S/c21-16-10-8-15(9-11-16)20-18(17-6-2-3-7-19(17)22)14-25(23-20)28(26,27)24-12-4-1-5-13-24/h2-3,6-11,18H,1,4-5,12-14H2. The van der Waals surface area contributed by atoms with Gasteiger partial charge in [-0.1, -0.05) is 48.4 Å². The van der Waals surface area contributed by atoms with E-state index in [0.717, 1.165) is 29.2 Å². The highest BCUT2D eigenvalue weighted by Gasteiger charge is 2.39. The lowest BCUT2D eigenvalue weighted by Crippen LogP contribution is -2.43. The van der Waals surface area contributed by atoms with Gasteiger partial charge in [-0.2, -0.15) is 22.2 Å². The van der Waals surface area contributed by atoms with Crippen molar-refractivity contribution in [2.24, 2.45) is 5.10 Å². The first-order valence-corrected chi connectivity index (χ1v) is 11.1. The van der Waals surface area contributed by atoms with Crippen molar-refractivity contribution in [3.63, 3.8) is 0 Å². The number of hydrogen-bond acceptors (Lipinski definition) is 3. The predicted octanol–water partition coefficient (Wildman–Crippen LogP) is 4.01. The number of hydrazone groups is 1. The summed E-state index contributed by atoms with van der Waals surface area (Å²) in [5.74, 6) is -0.853. The summed E-state index contributed by atoms with van der Waals surface area (Å²) in [6.45, 7) is 1.07. The molecule has 0 spiro atoms. The van der Waals surface area contributed by atoms with Crippen molar-refractivity contribution in [3.05, 3.63) is 70.5 Å². The van der Waals surface area contributed by atoms with Crippen molar-refractivity contribution < 1.29 is 12.8 Å². The van der Waals surface area contributed by atoms with E-state index in [2.05, 4.69) is 5.10 Å². The summed E-state index contributed by atoms with van der Waals surface area (Å²) in [5, 5.41) is 5.02. The van der Waals surface area contributed by atoms with Crippen molar-refractivity contribution in [1.82, 2.24) is 8.72 Å². The van der Waals surface area contributed by atoms with Crippen LogP contribution in [-0.2, 0) is 10.2 Å². The molecule has 1 unspecified atom stereocenters. The SMILES string of the molecule is O=S(=O)(N1CCCCC1)N1CC(c2ccccc2F)C(c2ccc(Cl)cc2)=N1. The van der Waals surface area contributed by atoms with Gasteiger partial charge in [-0.05, 0) is 42.2 Å². The van der Waals surface area contributed by atoms with E-state index in [1.165, 1.54) is 10.4 Å². The van der Waals surface area contributed by atoms with Crippen LogP contribution in [0, 0.1) is 5.82 Å². The Morgan fingerprint density at radius 1 is 1.00 bits per heavy atom. The van der Waals surface area contributed by atoms with Crippen LogP contribution in [0.1, 0.15) is 36.3 Å². The van der Waals surface area contributed by atoms with Gasteiger partial charge in [-0.15, -0.1) is 0 Å². The van der Waals surface area contributed by atoms with Crippen LogP contribution in [0.2, 0.25) is 5.02 Å². The minimum Gasteiger partial charge on any atom is -0.207 e. The Kier molecular flexibility index (Phi) is 5.40. The zero-order valence-electron chi connectivity index (χ0n) is 15.3. The molecule has 0 amide bonds. The van der Waals surface area contributed by atoms with E-state index in [4.69, 9.17) is 11.6 Å². The molecule has 0 N–H and O–H groups in total. The van der Waals surface area contributed by atoms with Gasteiger partial charge in [-0.25, -0.2) is 4.39 Å². The van der Waals surface area contributed by atoms with Crippen LogP contribution in [-0.4, -0.2) is 42.5 Å². The summed E-state index contributed by atoms with van der Waals surface area (Å²) < 4.78 is 43.3. The quantitative estimate of drug-likeness (QED) is 0.748. The Morgan fingerprint density at radius 3 is 2.36 bits per heavy atom. The molecule has 0 bridgehead atoms. The van der Waals surface area contributed by atoms with Gasteiger partial charge in [0, 0.05) is 18.1 Å². The van der Waals surface area contributed by atoms with Gasteiger partial charge in [0.25, 0.3) is 0 Å². The van der Waals surface area contributed by atoms with Crippen LogP contribution in [0.3, 0.4) is 0 Å². The molecule has 2 aromatic carbocycles. The lowest BCUT2D eigenvalue weighted by molar-refractivity contribution is 0.310. The van der Waals surface area contributed by atoms with Gasteiger partial charge in [0.15, 0.2) is 0 Å². The molecule has 2 heterocycles. The van der Waals surface area contributed by atoms with Gasteiger partial charge >= 0.3 is 10.2 Å². The molecule has 0 aromatic heterocycles. The first-order valence-electron chi connectivity index (χ1n) is 9.33. The molecule has 1 atom stereocenters. The van der Waals surface area contributed by atoms with E-state index in [9.17, 15) is 12.8 Å². The van der Waals surface area contributed by atoms with Crippen molar-refractivity contribution in [1.29, 1.82) is 0 Å². The zero-order valence-corrected chi connectivity index (χ0v) is 16.8. The van der Waals surface area contributed by atoms with Gasteiger partial charge in [-0.3, -0.25) is 0 Å². The highest BCUT2D eigenvalue weighted by atomic mass is 35.5. The first-order chi connectivity index (χ1) is 13.5. The molecular formula is C20H21ClFN3O2S. The Morgan fingerprint density at radius 2 is 1.68 bits per heavy atom. The third-order valence-electron chi connectivity index (χ3n) is 5.22. The van der Waals surface area contributed by atoms with E-state index in [1.54, 1.807) is 42.5 Å². The highest BCUT2D eigenvalue weighted by molar-refractivity contribution is 7.86. The Bertz CT molecular complexity index is 989. The number of piperidine rings is 1. The Labute approximate surface area is 169 Å². The Hall–Kier alpha value is -1.96. The van der Waals surface area contributed by atoms with E-state index in [1.807, 2.05) is 0 Å². The van der Waals surface area contributed by atoms with Crippen molar-refractivity contribution in [2.45, 2.75) is 25.2 Å². The maximum Gasteiger partial charge on any atom is 0.318 e. The maximum atomic E-state index is 14.5. The van der Waals surface area contributed by atoms with Crippen LogP contribution in [0.5, 0.6) is 0 Å². The first kappa shape index (κ1) is 19.4. The van der Waals surface area contributed by atoms with E-state index >= 15 is 0 Å². The number of nitrogens with zero attached hydrogens (tertiary/aromatic N) is 3. The average molecular weight is 422 g/mol. The fraction of sp³-hybridized carbons (Fsp3) is 0.350. The number of benzene rings is 2. The van der Waals surface area contributed by atoms with Gasteiger partial charge < -0.3 is 0 Å². The van der Waals surface area contributed by atoms with Crippen LogP contribution >= 0.6 is 11.6 Å². The van der Waals surface area contributed by atoms with Crippen molar-refractivity contribution in [3.8, 4) is 0 Å². The summed E-state index contributed by atoms with van der Waals surface area (Å²) >= 11 is 5.99. The molecule has 0 saturated carbocycles. The normalized spacial score (nSPS) is 21.0. The second-order valence-corrected chi connectivity index (χ2v) is 9.31. The predicted molar refractivity (Wildman–Crippen MR) is 108 cm³/mol. The summed E-state index contributed by atoms with van der Waals surface area (Å²) in [5.41, 5.74) is 1.70. The molecule has 0 aliphatic carbocycles. The minimum atomic E-state index is -3.73. The van der Waals surface area contributed by atoms with Gasteiger partial charge in [0.1, 0.15) is 5.82 Å². The second-order valence-electron chi connectivity index (χ2n) is 7.04. The fourth-order valence-corrected chi connectivity index (χ4v) is 5.37. The minimum absolute atomic E-state index is 0.0811. The molecule has 1 fully saturated rings. The summed E-state index contributed by atoms with van der Waals surface area (Å²) in [7, 11) is -3.73. The lowest BCUT2D eigenvalue weighted by Gasteiger charge is -2.29. The molecule has 8 heteroatoms. The van der Waals surface area contributed by atoms with Crippen LogP contribution < -0.4 is 0 Å². The maximum absolute atomic E-state index is 14.5. The monoisotopic (exact) mass is 421 g/mol. The zero-order chi connectivity index (χ0) is 19.7. The summed E-state index contributed by atoms with van der Waals surface area (Å²) in [6, 6.07) is 13.4. The number of halogens is 2. The van der Waals surface area contributed by atoms with Crippen LogP contribution in [0.4, 0.5) is 4.39 Å². The van der Waals surface area contributed by atoms with Gasteiger partial charge in [0.05, 0.1) is 18.2 Å². The van der Waals surface area contributed by atoms with Crippen LogP contribution in [0.15, 0.2) is 53.6 Å². The molecule has 5 nitrogen and oxygen atoms in total. The lowest BCUT2D eigenvalue weighted by atomic mass is 9.90. The molecule has 0 radical (unpaired) electrons. The van der Waals surface area contributed by atoms with E-state index in [0.29, 0.717) is 29.4 Å². The molecule has 148 valence electrons. The highest BCUT2D eigenvalue weighted by Crippen LogP contribution is 2.33. The van der Waals surface area contributed by atoms with Gasteiger partial charge in [0.2, 0.25) is 0 Å². The molecule has 28 heavy (non-hydrogen) atoms. The smallest absolute Gasteiger partial charge is 0.207 e. The van der Waals surface area contributed by atoms with E-state index in [-0.39, 0.29) is 12.4 Å². The third kappa shape index (κ3) is 3.66. The second kappa shape index (κ2) is 7.81. The number of rotatable bonds is 4.